The zero-order valence-corrected chi connectivity index (χ0v) is 13.5. The van der Waals surface area contributed by atoms with Gasteiger partial charge in [0.05, 0.1) is 6.61 Å². The maximum atomic E-state index is 12.3. The fourth-order valence-corrected chi connectivity index (χ4v) is 2.35. The van der Waals surface area contributed by atoms with Crippen molar-refractivity contribution in [3.63, 3.8) is 0 Å². The van der Waals surface area contributed by atoms with Crippen LogP contribution in [-0.2, 0) is 16.0 Å². The highest BCUT2D eigenvalue weighted by Crippen LogP contribution is 2.11. The van der Waals surface area contributed by atoms with Crippen molar-refractivity contribution in [1.29, 1.82) is 0 Å². The summed E-state index contributed by atoms with van der Waals surface area (Å²) in [5.41, 5.74) is 1.34. The molecule has 5 heteroatoms. The molecule has 2 aromatic rings. The number of esters is 1. The van der Waals surface area contributed by atoms with Gasteiger partial charge in [-0.25, -0.2) is 4.79 Å². The molecule has 120 valence electrons. The topological polar surface area (TPSA) is 55.4 Å². The lowest BCUT2D eigenvalue weighted by Gasteiger charge is -2.17. The summed E-state index contributed by atoms with van der Waals surface area (Å²) in [5.74, 6) is -0.812. The van der Waals surface area contributed by atoms with Crippen molar-refractivity contribution in [2.24, 2.45) is 0 Å². The number of benzene rings is 2. The van der Waals surface area contributed by atoms with Crippen molar-refractivity contribution in [1.82, 2.24) is 5.32 Å². The third kappa shape index (κ3) is 5.11. The van der Waals surface area contributed by atoms with Gasteiger partial charge in [0.15, 0.2) is 0 Å². The molecule has 0 heterocycles. The zero-order valence-electron chi connectivity index (χ0n) is 12.8. The van der Waals surface area contributed by atoms with Crippen LogP contribution in [0.1, 0.15) is 22.8 Å². The Balaban J connectivity index is 2.13. The first-order valence-corrected chi connectivity index (χ1v) is 7.75. The second kappa shape index (κ2) is 8.34. The Kier molecular flexibility index (Phi) is 6.18. The van der Waals surface area contributed by atoms with Crippen LogP contribution in [0, 0.1) is 0 Å². The van der Waals surface area contributed by atoms with Crippen molar-refractivity contribution in [2.45, 2.75) is 19.4 Å². The van der Waals surface area contributed by atoms with E-state index in [0.29, 0.717) is 17.0 Å². The molecule has 1 N–H and O–H groups in total. The SMILES string of the molecule is CCOC(=O)[C@H](Cc1ccccc1)NC(=O)c1cccc(Cl)c1. The van der Waals surface area contributed by atoms with Gasteiger partial charge >= 0.3 is 5.97 Å². The van der Waals surface area contributed by atoms with E-state index >= 15 is 0 Å². The summed E-state index contributed by atoms with van der Waals surface area (Å²) in [6, 6.07) is 15.3. The fraction of sp³-hybridized carbons (Fsp3) is 0.222. The number of rotatable bonds is 6. The van der Waals surface area contributed by atoms with Gasteiger partial charge in [0.25, 0.3) is 5.91 Å². The first-order chi connectivity index (χ1) is 11.1. The number of ether oxygens (including phenoxy) is 1. The summed E-state index contributed by atoms with van der Waals surface area (Å²) >= 11 is 5.90. The Morgan fingerprint density at radius 1 is 1.13 bits per heavy atom. The molecule has 0 aliphatic carbocycles. The average Bonchev–Trinajstić information content (AvgIpc) is 2.55. The number of carbonyl (C=O) groups excluding carboxylic acids is 2. The molecular weight excluding hydrogens is 314 g/mol. The van der Waals surface area contributed by atoms with Gasteiger partial charge in [-0.15, -0.1) is 0 Å². The first kappa shape index (κ1) is 17.0. The van der Waals surface area contributed by atoms with Crippen molar-refractivity contribution in [2.75, 3.05) is 6.61 Å². The Morgan fingerprint density at radius 2 is 1.87 bits per heavy atom. The van der Waals surface area contributed by atoms with Crippen molar-refractivity contribution in [3.05, 3.63) is 70.7 Å². The zero-order chi connectivity index (χ0) is 16.7. The lowest BCUT2D eigenvalue weighted by atomic mass is 10.1. The number of carbonyl (C=O) groups is 2. The maximum Gasteiger partial charge on any atom is 0.328 e. The van der Waals surface area contributed by atoms with Gasteiger partial charge in [0.2, 0.25) is 0 Å². The van der Waals surface area contributed by atoms with Crippen LogP contribution in [0.4, 0.5) is 0 Å². The molecule has 2 aromatic carbocycles. The predicted octanol–water partition coefficient (Wildman–Crippen LogP) is 3.24. The highest BCUT2D eigenvalue weighted by Gasteiger charge is 2.23. The Morgan fingerprint density at radius 3 is 2.52 bits per heavy atom. The molecule has 0 aromatic heterocycles. The smallest absolute Gasteiger partial charge is 0.328 e. The van der Waals surface area contributed by atoms with E-state index in [9.17, 15) is 9.59 Å². The highest BCUT2D eigenvalue weighted by atomic mass is 35.5. The van der Waals surface area contributed by atoms with Gasteiger partial charge < -0.3 is 10.1 Å². The first-order valence-electron chi connectivity index (χ1n) is 7.37. The molecule has 1 amide bonds. The van der Waals surface area contributed by atoms with Gasteiger partial charge in [-0.2, -0.15) is 0 Å². The van der Waals surface area contributed by atoms with Crippen molar-refractivity contribution >= 4 is 23.5 Å². The number of hydrogen-bond acceptors (Lipinski definition) is 3. The highest BCUT2D eigenvalue weighted by molar-refractivity contribution is 6.31. The van der Waals surface area contributed by atoms with E-state index in [1.807, 2.05) is 30.3 Å². The minimum Gasteiger partial charge on any atom is -0.464 e. The number of hydrogen-bond donors (Lipinski definition) is 1. The summed E-state index contributed by atoms with van der Waals surface area (Å²) in [5, 5.41) is 3.19. The molecule has 0 saturated carbocycles. The molecule has 0 saturated heterocycles. The average molecular weight is 332 g/mol. The second-order valence-corrected chi connectivity index (χ2v) is 5.41. The standard InChI is InChI=1S/C18H18ClNO3/c1-2-23-18(22)16(11-13-7-4-3-5-8-13)20-17(21)14-9-6-10-15(19)12-14/h3-10,12,16H,2,11H2,1H3,(H,20,21)/t16-/m0/s1. The summed E-state index contributed by atoms with van der Waals surface area (Å²) < 4.78 is 5.06. The van der Waals surface area contributed by atoms with E-state index in [0.717, 1.165) is 5.56 Å². The molecule has 0 fully saturated rings. The van der Waals surface area contributed by atoms with Crippen LogP contribution in [0.15, 0.2) is 54.6 Å². The summed E-state index contributed by atoms with van der Waals surface area (Å²) in [6.07, 6.45) is 0.367. The van der Waals surface area contributed by atoms with Crippen LogP contribution in [0.3, 0.4) is 0 Å². The van der Waals surface area contributed by atoms with E-state index in [4.69, 9.17) is 16.3 Å². The Hall–Kier alpha value is -2.33. The van der Waals surface area contributed by atoms with Crippen LogP contribution >= 0.6 is 11.6 Å². The molecule has 2 rings (SSSR count). The van der Waals surface area contributed by atoms with E-state index in [-0.39, 0.29) is 12.5 Å². The van der Waals surface area contributed by atoms with E-state index in [1.165, 1.54) is 0 Å². The summed E-state index contributed by atoms with van der Waals surface area (Å²) in [4.78, 5) is 24.4. The van der Waals surface area contributed by atoms with Crippen LogP contribution in [0.5, 0.6) is 0 Å². The molecule has 0 unspecified atom stereocenters. The quantitative estimate of drug-likeness (QED) is 0.827. The number of amides is 1. The molecule has 0 bridgehead atoms. The lowest BCUT2D eigenvalue weighted by molar-refractivity contribution is -0.145. The number of nitrogens with one attached hydrogen (secondary N) is 1. The fourth-order valence-electron chi connectivity index (χ4n) is 2.16. The molecule has 1 atom stereocenters. The lowest BCUT2D eigenvalue weighted by Crippen LogP contribution is -2.43. The summed E-state index contributed by atoms with van der Waals surface area (Å²) in [7, 11) is 0. The molecule has 4 nitrogen and oxygen atoms in total. The predicted molar refractivity (Wildman–Crippen MR) is 89.5 cm³/mol. The second-order valence-electron chi connectivity index (χ2n) is 4.98. The molecule has 0 spiro atoms. The van der Waals surface area contributed by atoms with Crippen LogP contribution in [0.2, 0.25) is 5.02 Å². The van der Waals surface area contributed by atoms with Gasteiger partial charge in [0, 0.05) is 17.0 Å². The molecular formula is C18H18ClNO3. The van der Waals surface area contributed by atoms with Gasteiger partial charge in [-0.3, -0.25) is 4.79 Å². The molecule has 0 radical (unpaired) electrons. The van der Waals surface area contributed by atoms with Crippen molar-refractivity contribution in [3.8, 4) is 0 Å². The summed E-state index contributed by atoms with van der Waals surface area (Å²) in [6.45, 7) is 1.99. The third-order valence-corrected chi connectivity index (χ3v) is 3.48. The molecule has 0 aliphatic rings. The minimum atomic E-state index is -0.746. The van der Waals surface area contributed by atoms with Gasteiger partial charge in [0.1, 0.15) is 6.04 Å². The normalized spacial score (nSPS) is 11.6. The van der Waals surface area contributed by atoms with Crippen LogP contribution in [0.25, 0.3) is 0 Å². The maximum absolute atomic E-state index is 12.3. The van der Waals surface area contributed by atoms with Crippen LogP contribution < -0.4 is 5.32 Å². The van der Waals surface area contributed by atoms with Gasteiger partial charge in [-0.1, -0.05) is 48.0 Å². The molecule has 0 aliphatic heterocycles. The van der Waals surface area contributed by atoms with Gasteiger partial charge in [-0.05, 0) is 30.7 Å². The monoisotopic (exact) mass is 331 g/mol. The Bertz CT molecular complexity index is 673. The van der Waals surface area contributed by atoms with Crippen LogP contribution in [-0.4, -0.2) is 24.5 Å². The third-order valence-electron chi connectivity index (χ3n) is 3.25. The number of halogens is 1. The van der Waals surface area contributed by atoms with E-state index in [2.05, 4.69) is 5.32 Å². The van der Waals surface area contributed by atoms with Crippen molar-refractivity contribution < 1.29 is 14.3 Å². The van der Waals surface area contributed by atoms with E-state index in [1.54, 1.807) is 31.2 Å². The largest absolute Gasteiger partial charge is 0.464 e. The minimum absolute atomic E-state index is 0.261. The van der Waals surface area contributed by atoms with E-state index < -0.39 is 12.0 Å². The molecule has 23 heavy (non-hydrogen) atoms. The Labute approximate surface area is 140 Å².